The molecule has 1 fully saturated rings. The summed E-state index contributed by atoms with van der Waals surface area (Å²) in [7, 11) is -3.20. The number of carbonyl (C=O) groups excluding carboxylic acids is 1. The third-order valence-corrected chi connectivity index (χ3v) is 6.42. The van der Waals surface area contributed by atoms with E-state index >= 15 is 0 Å². The SMILES string of the molecule is Cc1cc(C(=O)CN2CCCC(CNS(C)(=O)=O)C2)c(C)n1Cc1ccc(F)cc1. The summed E-state index contributed by atoms with van der Waals surface area (Å²) in [5.74, 6) is 0.0273. The molecule has 1 aliphatic heterocycles. The third-order valence-electron chi connectivity index (χ3n) is 5.73. The summed E-state index contributed by atoms with van der Waals surface area (Å²) in [4.78, 5) is 15.1. The summed E-state index contributed by atoms with van der Waals surface area (Å²) in [5, 5.41) is 0. The molecule has 0 aliphatic carbocycles. The highest BCUT2D eigenvalue weighted by atomic mass is 32.2. The van der Waals surface area contributed by atoms with E-state index in [1.165, 1.54) is 18.4 Å². The van der Waals surface area contributed by atoms with Crippen molar-refractivity contribution >= 4 is 15.8 Å². The highest BCUT2D eigenvalue weighted by Crippen LogP contribution is 2.20. The van der Waals surface area contributed by atoms with Crippen molar-refractivity contribution in [3.8, 4) is 0 Å². The molecule has 3 rings (SSSR count). The lowest BCUT2D eigenvalue weighted by atomic mass is 9.98. The van der Waals surface area contributed by atoms with Crippen LogP contribution in [0.4, 0.5) is 4.39 Å². The van der Waals surface area contributed by atoms with Crippen LogP contribution in [0.5, 0.6) is 0 Å². The summed E-state index contributed by atoms with van der Waals surface area (Å²) in [6.45, 7) is 6.80. The normalized spacial score (nSPS) is 17.9. The van der Waals surface area contributed by atoms with E-state index < -0.39 is 10.0 Å². The summed E-state index contributed by atoms with van der Waals surface area (Å²) < 4.78 is 40.5. The molecule has 1 unspecified atom stereocenters. The molecule has 2 aromatic rings. The molecule has 1 atom stereocenters. The molecule has 0 bridgehead atoms. The van der Waals surface area contributed by atoms with E-state index in [1.54, 1.807) is 12.1 Å². The van der Waals surface area contributed by atoms with Crippen LogP contribution in [0.3, 0.4) is 0 Å². The number of aryl methyl sites for hydroxylation is 1. The minimum Gasteiger partial charge on any atom is -0.344 e. The number of carbonyl (C=O) groups is 1. The van der Waals surface area contributed by atoms with Gasteiger partial charge < -0.3 is 4.57 Å². The van der Waals surface area contributed by atoms with Crippen LogP contribution in [0, 0.1) is 25.6 Å². The van der Waals surface area contributed by atoms with Gasteiger partial charge in [-0.25, -0.2) is 17.5 Å². The minimum absolute atomic E-state index is 0.0742. The quantitative estimate of drug-likeness (QED) is 0.648. The lowest BCUT2D eigenvalue weighted by Gasteiger charge is -2.32. The van der Waals surface area contributed by atoms with Gasteiger partial charge in [-0.05, 0) is 62.9 Å². The number of aromatic nitrogens is 1. The Morgan fingerprint density at radius 2 is 1.93 bits per heavy atom. The molecular formula is C22H30FN3O3S. The van der Waals surface area contributed by atoms with Gasteiger partial charge in [-0.1, -0.05) is 12.1 Å². The number of halogens is 1. The first-order valence-corrected chi connectivity index (χ1v) is 12.1. The maximum atomic E-state index is 13.2. The van der Waals surface area contributed by atoms with Crippen molar-refractivity contribution in [1.29, 1.82) is 0 Å². The Bertz CT molecular complexity index is 999. The molecule has 164 valence electrons. The summed E-state index contributed by atoms with van der Waals surface area (Å²) in [6, 6.07) is 8.33. The Balaban J connectivity index is 1.64. The number of Topliss-reactive ketones (excluding diaryl/α,β-unsaturated/α-hetero) is 1. The first kappa shape index (κ1) is 22.7. The number of hydrogen-bond donors (Lipinski definition) is 1. The van der Waals surface area contributed by atoms with E-state index in [1.807, 2.05) is 19.9 Å². The second-order valence-electron chi connectivity index (χ2n) is 8.28. The smallest absolute Gasteiger partial charge is 0.208 e. The molecule has 8 heteroatoms. The van der Waals surface area contributed by atoms with Crippen molar-refractivity contribution in [1.82, 2.24) is 14.2 Å². The van der Waals surface area contributed by atoms with Crippen molar-refractivity contribution < 1.29 is 17.6 Å². The molecule has 1 N–H and O–H groups in total. The third kappa shape index (κ3) is 6.00. The molecular weight excluding hydrogens is 405 g/mol. The van der Waals surface area contributed by atoms with Gasteiger partial charge in [0.2, 0.25) is 10.0 Å². The van der Waals surface area contributed by atoms with Gasteiger partial charge >= 0.3 is 0 Å². The van der Waals surface area contributed by atoms with Crippen LogP contribution in [0.25, 0.3) is 0 Å². The number of likely N-dealkylation sites (tertiary alicyclic amines) is 1. The molecule has 1 saturated heterocycles. The maximum Gasteiger partial charge on any atom is 0.208 e. The molecule has 1 aromatic carbocycles. The van der Waals surface area contributed by atoms with Gasteiger partial charge in [-0.15, -0.1) is 0 Å². The summed E-state index contributed by atoms with van der Waals surface area (Å²) in [5.41, 5.74) is 3.60. The highest BCUT2D eigenvalue weighted by molar-refractivity contribution is 7.88. The van der Waals surface area contributed by atoms with Gasteiger partial charge in [-0.2, -0.15) is 0 Å². The van der Waals surface area contributed by atoms with Crippen molar-refractivity contribution in [3.63, 3.8) is 0 Å². The van der Waals surface area contributed by atoms with E-state index in [2.05, 4.69) is 14.2 Å². The number of piperidine rings is 1. The molecule has 1 aliphatic rings. The van der Waals surface area contributed by atoms with Gasteiger partial charge in [0.25, 0.3) is 0 Å². The van der Waals surface area contributed by atoms with Crippen LogP contribution >= 0.6 is 0 Å². The van der Waals surface area contributed by atoms with Gasteiger partial charge in [0, 0.05) is 36.6 Å². The molecule has 0 radical (unpaired) electrons. The second kappa shape index (κ2) is 9.41. The van der Waals surface area contributed by atoms with E-state index in [9.17, 15) is 17.6 Å². The molecule has 1 aromatic heterocycles. The molecule has 2 heterocycles. The first-order valence-electron chi connectivity index (χ1n) is 10.2. The predicted molar refractivity (Wildman–Crippen MR) is 116 cm³/mol. The number of nitrogens with one attached hydrogen (secondary N) is 1. The zero-order chi connectivity index (χ0) is 21.9. The predicted octanol–water partition coefficient (Wildman–Crippen LogP) is 2.74. The van der Waals surface area contributed by atoms with E-state index in [0.29, 0.717) is 31.7 Å². The molecule has 0 amide bonds. The van der Waals surface area contributed by atoms with E-state index in [4.69, 9.17) is 0 Å². The molecule has 30 heavy (non-hydrogen) atoms. The van der Waals surface area contributed by atoms with Gasteiger partial charge in [0.1, 0.15) is 5.82 Å². The number of ketones is 1. The van der Waals surface area contributed by atoms with Crippen LogP contribution in [0.2, 0.25) is 0 Å². The number of nitrogens with zero attached hydrogens (tertiary/aromatic N) is 2. The first-order chi connectivity index (χ1) is 14.1. The van der Waals surface area contributed by atoms with Gasteiger partial charge in [-0.3, -0.25) is 9.69 Å². The molecule has 0 spiro atoms. The van der Waals surface area contributed by atoms with Gasteiger partial charge in [0.15, 0.2) is 5.78 Å². The monoisotopic (exact) mass is 435 g/mol. The largest absolute Gasteiger partial charge is 0.344 e. The Labute approximate surface area is 178 Å². The standard InChI is InChI=1S/C22H30FN3O3S/c1-16-11-21(17(2)26(16)14-18-6-8-20(23)9-7-18)22(27)15-25-10-4-5-19(13-25)12-24-30(3,28)29/h6-9,11,19,24H,4-5,10,12-15H2,1-3H3. The number of rotatable bonds is 8. The fourth-order valence-corrected chi connectivity index (χ4v) is 4.66. The lowest BCUT2D eigenvalue weighted by Crippen LogP contribution is -2.42. The van der Waals surface area contributed by atoms with Gasteiger partial charge in [0.05, 0.1) is 12.8 Å². The average Bonchev–Trinajstić information content (AvgIpc) is 2.96. The second-order valence-corrected chi connectivity index (χ2v) is 10.1. The highest BCUT2D eigenvalue weighted by Gasteiger charge is 2.24. The Morgan fingerprint density at radius 3 is 2.60 bits per heavy atom. The van der Waals surface area contributed by atoms with Crippen LogP contribution in [-0.2, 0) is 16.6 Å². The van der Waals surface area contributed by atoms with Crippen LogP contribution in [-0.4, -0.2) is 56.1 Å². The van der Waals surface area contributed by atoms with Crippen molar-refractivity contribution in [2.24, 2.45) is 5.92 Å². The Morgan fingerprint density at radius 1 is 1.23 bits per heavy atom. The topological polar surface area (TPSA) is 71.4 Å². The van der Waals surface area contributed by atoms with Crippen LogP contribution in [0.1, 0.15) is 40.2 Å². The Kier molecular flexibility index (Phi) is 7.10. The van der Waals surface area contributed by atoms with Crippen molar-refractivity contribution in [2.75, 3.05) is 32.4 Å². The number of benzene rings is 1. The van der Waals surface area contributed by atoms with Crippen LogP contribution < -0.4 is 4.72 Å². The van der Waals surface area contributed by atoms with E-state index in [-0.39, 0.29) is 17.5 Å². The Hall–Kier alpha value is -2.03. The zero-order valence-corrected chi connectivity index (χ0v) is 18.6. The van der Waals surface area contributed by atoms with Crippen molar-refractivity contribution in [2.45, 2.75) is 33.2 Å². The maximum absolute atomic E-state index is 13.2. The number of sulfonamides is 1. The van der Waals surface area contributed by atoms with Crippen LogP contribution in [0.15, 0.2) is 30.3 Å². The summed E-state index contributed by atoms with van der Waals surface area (Å²) in [6.07, 6.45) is 3.07. The van der Waals surface area contributed by atoms with E-state index in [0.717, 1.165) is 36.3 Å². The fourth-order valence-electron chi connectivity index (χ4n) is 4.12. The lowest BCUT2D eigenvalue weighted by molar-refractivity contribution is 0.0887. The summed E-state index contributed by atoms with van der Waals surface area (Å²) >= 11 is 0. The molecule has 6 nitrogen and oxygen atoms in total. The minimum atomic E-state index is -3.20. The average molecular weight is 436 g/mol. The zero-order valence-electron chi connectivity index (χ0n) is 17.8. The number of hydrogen-bond acceptors (Lipinski definition) is 4. The van der Waals surface area contributed by atoms with Crippen molar-refractivity contribution in [3.05, 3.63) is 58.7 Å². The fraction of sp³-hybridized carbons (Fsp3) is 0.500. The molecule has 0 saturated carbocycles.